The van der Waals surface area contributed by atoms with Crippen molar-refractivity contribution in [1.29, 1.82) is 0 Å². The van der Waals surface area contributed by atoms with E-state index in [0.717, 1.165) is 30.6 Å². The highest BCUT2D eigenvalue weighted by atomic mass is 32.2. The first-order valence-electron chi connectivity index (χ1n) is 10.4. The number of sulfonamides is 1. The number of ketones is 1. The first-order valence-corrected chi connectivity index (χ1v) is 13.6. The Bertz CT molecular complexity index is 1240. The zero-order chi connectivity index (χ0) is 23.3. The van der Waals surface area contributed by atoms with Gasteiger partial charge in [0.1, 0.15) is 0 Å². The number of carbonyl (C=O) groups excluding carboxylic acids is 2. The zero-order valence-corrected chi connectivity index (χ0v) is 20.1. The number of piperidine rings is 1. The number of thioether (sulfide) groups is 1. The van der Waals surface area contributed by atoms with Crippen LogP contribution in [0.5, 0.6) is 0 Å². The summed E-state index contributed by atoms with van der Waals surface area (Å²) in [4.78, 5) is 25.0. The van der Waals surface area contributed by atoms with Gasteiger partial charge in [-0.1, -0.05) is 65.9 Å². The lowest BCUT2D eigenvalue weighted by Gasteiger charge is -2.26. The van der Waals surface area contributed by atoms with Crippen molar-refractivity contribution in [3.63, 3.8) is 0 Å². The van der Waals surface area contributed by atoms with E-state index in [4.69, 9.17) is 0 Å². The van der Waals surface area contributed by atoms with Crippen molar-refractivity contribution in [3.05, 3.63) is 65.7 Å². The molecule has 0 bridgehead atoms. The Morgan fingerprint density at radius 1 is 0.970 bits per heavy atom. The molecular weight excluding hydrogens is 480 g/mol. The third kappa shape index (κ3) is 5.85. The molecule has 1 N–H and O–H groups in total. The highest BCUT2D eigenvalue weighted by Gasteiger charge is 2.26. The van der Waals surface area contributed by atoms with Gasteiger partial charge < -0.3 is 0 Å². The molecule has 1 fully saturated rings. The lowest BCUT2D eigenvalue weighted by molar-refractivity contribution is 0.101. The first kappa shape index (κ1) is 23.6. The fourth-order valence-corrected chi connectivity index (χ4v) is 6.58. The van der Waals surface area contributed by atoms with Crippen LogP contribution in [0.1, 0.15) is 40.0 Å². The van der Waals surface area contributed by atoms with Crippen molar-refractivity contribution in [1.82, 2.24) is 14.5 Å². The number of hydrogen-bond acceptors (Lipinski definition) is 8. The van der Waals surface area contributed by atoms with Crippen LogP contribution in [0.3, 0.4) is 0 Å². The number of rotatable bonds is 8. The predicted molar refractivity (Wildman–Crippen MR) is 128 cm³/mol. The Kier molecular flexibility index (Phi) is 7.53. The molecule has 4 rings (SSSR count). The lowest BCUT2D eigenvalue weighted by Crippen LogP contribution is -2.35. The normalized spacial score (nSPS) is 14.7. The number of aromatic nitrogens is 2. The van der Waals surface area contributed by atoms with Gasteiger partial charge in [-0.3, -0.25) is 14.9 Å². The fraction of sp³-hybridized carbons (Fsp3) is 0.273. The molecule has 172 valence electrons. The van der Waals surface area contributed by atoms with Crippen LogP contribution in [-0.4, -0.2) is 53.5 Å². The number of carbonyl (C=O) groups is 2. The van der Waals surface area contributed by atoms with Gasteiger partial charge in [0, 0.05) is 24.2 Å². The van der Waals surface area contributed by atoms with Crippen LogP contribution >= 0.6 is 23.1 Å². The van der Waals surface area contributed by atoms with Crippen molar-refractivity contribution in [2.75, 3.05) is 24.2 Å². The second-order valence-electron chi connectivity index (χ2n) is 7.40. The number of Topliss-reactive ketones (excluding diaryl/α,β-unsaturated/α-hetero) is 1. The molecule has 0 radical (unpaired) electrons. The van der Waals surface area contributed by atoms with Crippen LogP contribution in [0.25, 0.3) is 0 Å². The van der Waals surface area contributed by atoms with E-state index in [0.29, 0.717) is 23.0 Å². The second-order valence-corrected chi connectivity index (χ2v) is 11.5. The Morgan fingerprint density at radius 3 is 2.45 bits per heavy atom. The molecule has 0 atom stereocenters. The maximum Gasteiger partial charge on any atom is 0.257 e. The van der Waals surface area contributed by atoms with E-state index in [1.165, 1.54) is 28.2 Å². The summed E-state index contributed by atoms with van der Waals surface area (Å²) in [6.45, 7) is 0.994. The minimum atomic E-state index is -3.63. The summed E-state index contributed by atoms with van der Waals surface area (Å²) >= 11 is 2.40. The van der Waals surface area contributed by atoms with Crippen LogP contribution in [0, 0.1) is 0 Å². The molecule has 3 aromatic rings. The van der Waals surface area contributed by atoms with Crippen LogP contribution < -0.4 is 5.32 Å². The van der Waals surface area contributed by atoms with Gasteiger partial charge in [0.15, 0.2) is 10.1 Å². The summed E-state index contributed by atoms with van der Waals surface area (Å²) in [5.41, 5.74) is 0.846. The van der Waals surface area contributed by atoms with Crippen LogP contribution in [-0.2, 0) is 10.0 Å². The predicted octanol–water partition coefficient (Wildman–Crippen LogP) is 3.94. The molecule has 33 heavy (non-hydrogen) atoms. The van der Waals surface area contributed by atoms with E-state index in [1.54, 1.807) is 24.3 Å². The molecular formula is C22H22N4O4S3. The molecule has 0 aliphatic carbocycles. The van der Waals surface area contributed by atoms with E-state index in [9.17, 15) is 18.0 Å². The quantitative estimate of drug-likeness (QED) is 0.282. The molecule has 2 heterocycles. The third-order valence-electron chi connectivity index (χ3n) is 5.10. The fourth-order valence-electron chi connectivity index (χ4n) is 3.37. The molecule has 1 amide bonds. The van der Waals surface area contributed by atoms with Crippen molar-refractivity contribution in [2.45, 2.75) is 28.5 Å². The maximum atomic E-state index is 12.9. The summed E-state index contributed by atoms with van der Waals surface area (Å²) in [6, 6.07) is 15.0. The van der Waals surface area contributed by atoms with Gasteiger partial charge >= 0.3 is 0 Å². The summed E-state index contributed by atoms with van der Waals surface area (Å²) in [6.07, 6.45) is 2.71. The van der Waals surface area contributed by atoms with Gasteiger partial charge in [-0.25, -0.2) is 8.42 Å². The van der Waals surface area contributed by atoms with Gasteiger partial charge in [-0.2, -0.15) is 4.31 Å². The topological polar surface area (TPSA) is 109 Å². The number of hydrogen-bond donors (Lipinski definition) is 1. The molecule has 1 aliphatic heterocycles. The van der Waals surface area contributed by atoms with Crippen molar-refractivity contribution >= 4 is 49.9 Å². The Labute approximate surface area is 200 Å². The van der Waals surface area contributed by atoms with Crippen LogP contribution in [0.2, 0.25) is 0 Å². The van der Waals surface area contributed by atoms with E-state index < -0.39 is 15.9 Å². The monoisotopic (exact) mass is 502 g/mol. The molecule has 0 saturated carbocycles. The average Bonchev–Trinajstić information content (AvgIpc) is 3.31. The Hall–Kier alpha value is -2.60. The third-order valence-corrected chi connectivity index (χ3v) is 8.97. The largest absolute Gasteiger partial charge is 0.296 e. The highest BCUT2D eigenvalue weighted by molar-refractivity contribution is 8.01. The average molecular weight is 503 g/mol. The smallest absolute Gasteiger partial charge is 0.257 e. The number of amides is 1. The summed E-state index contributed by atoms with van der Waals surface area (Å²) in [5, 5.41) is 10.9. The van der Waals surface area contributed by atoms with E-state index in [2.05, 4.69) is 15.5 Å². The molecule has 1 saturated heterocycles. The highest BCUT2D eigenvalue weighted by Crippen LogP contribution is 2.27. The second kappa shape index (κ2) is 10.6. The molecule has 1 aliphatic rings. The minimum absolute atomic E-state index is 0.0203. The first-order chi connectivity index (χ1) is 15.9. The van der Waals surface area contributed by atoms with Crippen molar-refractivity contribution in [2.24, 2.45) is 0 Å². The number of nitrogens with one attached hydrogen (secondary N) is 1. The van der Waals surface area contributed by atoms with E-state index in [1.807, 2.05) is 18.2 Å². The molecule has 1 aromatic heterocycles. The van der Waals surface area contributed by atoms with E-state index in [-0.39, 0.29) is 27.1 Å². The van der Waals surface area contributed by atoms with Gasteiger partial charge in [-0.05, 0) is 31.0 Å². The summed E-state index contributed by atoms with van der Waals surface area (Å²) in [7, 11) is -3.63. The molecule has 2 aromatic carbocycles. The summed E-state index contributed by atoms with van der Waals surface area (Å²) in [5.74, 6) is -0.282. The number of anilines is 1. The van der Waals surface area contributed by atoms with Gasteiger partial charge in [0.2, 0.25) is 15.2 Å². The number of nitrogens with zero attached hydrogens (tertiary/aromatic N) is 3. The molecule has 0 spiro atoms. The Morgan fingerprint density at radius 2 is 1.70 bits per heavy atom. The maximum absolute atomic E-state index is 12.9. The van der Waals surface area contributed by atoms with Crippen molar-refractivity contribution < 1.29 is 18.0 Å². The standard InChI is InChI=1S/C22H22N4O4S3/c27-19(16-8-3-1-4-9-16)15-31-22-25-24-21(32-22)23-20(28)17-10-7-11-18(14-17)33(29,30)26-12-5-2-6-13-26/h1,3-4,7-11,14H,2,5-6,12-13,15H2,(H,23,24,28). The molecule has 0 unspecified atom stereocenters. The molecule has 8 nitrogen and oxygen atoms in total. The SMILES string of the molecule is O=C(CSc1nnc(NC(=O)c2cccc(S(=O)(=O)N3CCCCC3)c2)s1)c1ccccc1. The summed E-state index contributed by atoms with van der Waals surface area (Å²) < 4.78 is 27.8. The van der Waals surface area contributed by atoms with Crippen LogP contribution in [0.4, 0.5) is 5.13 Å². The van der Waals surface area contributed by atoms with Gasteiger partial charge in [0.25, 0.3) is 5.91 Å². The van der Waals surface area contributed by atoms with Crippen molar-refractivity contribution in [3.8, 4) is 0 Å². The minimum Gasteiger partial charge on any atom is -0.296 e. The van der Waals surface area contributed by atoms with Gasteiger partial charge in [-0.15, -0.1) is 10.2 Å². The number of benzene rings is 2. The van der Waals surface area contributed by atoms with E-state index >= 15 is 0 Å². The van der Waals surface area contributed by atoms with Crippen LogP contribution in [0.15, 0.2) is 63.8 Å². The zero-order valence-electron chi connectivity index (χ0n) is 17.6. The molecule has 11 heteroatoms. The Balaban J connectivity index is 1.38. The van der Waals surface area contributed by atoms with Gasteiger partial charge in [0.05, 0.1) is 10.6 Å². The lowest BCUT2D eigenvalue weighted by atomic mass is 10.2.